The van der Waals surface area contributed by atoms with Crippen molar-refractivity contribution < 1.29 is 9.59 Å². The third kappa shape index (κ3) is 7.05. The van der Waals surface area contributed by atoms with Crippen molar-refractivity contribution in [3.05, 3.63) is 82.1 Å². The molecular formula is C26H30BrN5O2S. The normalized spacial score (nSPS) is 11.8. The molecule has 2 N–H and O–H groups in total. The van der Waals surface area contributed by atoms with Crippen molar-refractivity contribution in [3.63, 3.8) is 0 Å². The van der Waals surface area contributed by atoms with Gasteiger partial charge >= 0.3 is 0 Å². The molecule has 184 valence electrons. The largest absolute Gasteiger partial charge is 0.342 e. The van der Waals surface area contributed by atoms with Gasteiger partial charge in [-0.25, -0.2) is 0 Å². The molecule has 0 spiro atoms. The van der Waals surface area contributed by atoms with E-state index in [0.29, 0.717) is 23.1 Å². The number of anilines is 1. The maximum absolute atomic E-state index is 12.9. The minimum Gasteiger partial charge on any atom is -0.342 e. The summed E-state index contributed by atoms with van der Waals surface area (Å²) in [5.74, 6) is 0.570. The first-order valence-corrected chi connectivity index (χ1v) is 13.1. The summed E-state index contributed by atoms with van der Waals surface area (Å²) < 4.78 is 2.86. The number of carbonyl (C=O) groups is 2. The number of aryl methyl sites for hydroxylation is 2. The number of hydrogen-bond acceptors (Lipinski definition) is 5. The van der Waals surface area contributed by atoms with Gasteiger partial charge < -0.3 is 15.2 Å². The number of rotatable bonds is 10. The number of nitrogens with zero attached hydrogens (tertiary/aromatic N) is 3. The van der Waals surface area contributed by atoms with E-state index in [1.54, 1.807) is 12.1 Å². The van der Waals surface area contributed by atoms with Crippen LogP contribution in [0.5, 0.6) is 0 Å². The van der Waals surface area contributed by atoms with Gasteiger partial charge in [-0.2, -0.15) is 0 Å². The van der Waals surface area contributed by atoms with E-state index in [2.05, 4.69) is 43.3 Å². The number of aromatic nitrogens is 3. The maximum Gasteiger partial charge on any atom is 0.251 e. The molecule has 0 fully saturated rings. The second kappa shape index (κ2) is 12.2. The summed E-state index contributed by atoms with van der Waals surface area (Å²) in [4.78, 5) is 25.5. The zero-order chi connectivity index (χ0) is 25.5. The van der Waals surface area contributed by atoms with Gasteiger partial charge in [0.1, 0.15) is 0 Å². The van der Waals surface area contributed by atoms with Crippen LogP contribution in [-0.4, -0.2) is 32.3 Å². The fourth-order valence-corrected chi connectivity index (χ4v) is 4.79. The van der Waals surface area contributed by atoms with E-state index < -0.39 is 0 Å². The molecule has 0 saturated heterocycles. The first-order chi connectivity index (χ1) is 16.7. The number of allylic oxidation sites excluding steroid dienone is 1. The van der Waals surface area contributed by atoms with E-state index >= 15 is 0 Å². The molecule has 0 aliphatic carbocycles. The highest BCUT2D eigenvalue weighted by Gasteiger charge is 2.26. The average Bonchev–Trinajstić information content (AvgIpc) is 3.20. The highest BCUT2D eigenvalue weighted by molar-refractivity contribution is 9.10. The van der Waals surface area contributed by atoms with Crippen LogP contribution in [0.3, 0.4) is 0 Å². The van der Waals surface area contributed by atoms with Crippen LogP contribution in [0.1, 0.15) is 47.2 Å². The molecule has 1 atom stereocenters. The van der Waals surface area contributed by atoms with Crippen molar-refractivity contribution in [3.8, 4) is 0 Å². The van der Waals surface area contributed by atoms with Gasteiger partial charge in [0.25, 0.3) is 5.91 Å². The average molecular weight is 557 g/mol. The molecule has 3 rings (SSSR count). The summed E-state index contributed by atoms with van der Waals surface area (Å²) in [7, 11) is 0. The van der Waals surface area contributed by atoms with Gasteiger partial charge in [-0.15, -0.1) is 16.8 Å². The first-order valence-electron chi connectivity index (χ1n) is 11.3. The van der Waals surface area contributed by atoms with Crippen LogP contribution < -0.4 is 10.6 Å². The molecule has 0 aliphatic heterocycles. The minimum atomic E-state index is -0.357. The first kappa shape index (κ1) is 26.7. The third-order valence-corrected chi connectivity index (χ3v) is 6.82. The lowest BCUT2D eigenvalue weighted by molar-refractivity contribution is -0.113. The summed E-state index contributed by atoms with van der Waals surface area (Å²) in [6.45, 7) is 12.3. The predicted octanol–water partition coefficient (Wildman–Crippen LogP) is 5.70. The van der Waals surface area contributed by atoms with Crippen LogP contribution in [0.15, 0.2) is 64.7 Å². The standard InChI is InChI=1S/C26H30BrN5O2S/c1-6-12-32-24(23(16(2)3)29-25(34)19-9-7-8-17(4)13-19)30-31-26(32)35-15-22(33)28-21-11-10-20(27)14-18(21)5/h6-11,13-14,16,23H,1,12,15H2,2-5H3,(H,28,33)(H,29,34)/t23-/m0/s1. The molecular weight excluding hydrogens is 526 g/mol. The van der Waals surface area contributed by atoms with Crippen molar-refractivity contribution in [1.29, 1.82) is 0 Å². The Hall–Kier alpha value is -2.91. The van der Waals surface area contributed by atoms with Gasteiger partial charge in [0, 0.05) is 22.3 Å². The SMILES string of the molecule is C=CCn1c(SCC(=O)Nc2ccc(Br)cc2C)nnc1[C@@H](NC(=O)c1cccc(C)c1)C(C)C. The molecule has 3 aromatic rings. The van der Waals surface area contributed by atoms with Crippen molar-refractivity contribution in [2.45, 2.75) is 45.4 Å². The number of carbonyl (C=O) groups excluding carboxylic acids is 2. The second-order valence-corrected chi connectivity index (χ2v) is 10.5. The van der Waals surface area contributed by atoms with Crippen LogP contribution in [0.25, 0.3) is 0 Å². The Morgan fingerprint density at radius 2 is 1.94 bits per heavy atom. The number of amides is 2. The lowest BCUT2D eigenvalue weighted by Gasteiger charge is -2.22. The van der Waals surface area contributed by atoms with E-state index in [-0.39, 0.29) is 29.5 Å². The predicted molar refractivity (Wildman–Crippen MR) is 145 cm³/mol. The smallest absolute Gasteiger partial charge is 0.251 e. The topological polar surface area (TPSA) is 88.9 Å². The molecule has 2 aromatic carbocycles. The highest BCUT2D eigenvalue weighted by Crippen LogP contribution is 2.26. The molecule has 0 unspecified atom stereocenters. The van der Waals surface area contributed by atoms with Gasteiger partial charge in [0.2, 0.25) is 5.91 Å². The molecule has 0 radical (unpaired) electrons. The van der Waals surface area contributed by atoms with Gasteiger partial charge in [0.15, 0.2) is 11.0 Å². The zero-order valence-corrected chi connectivity index (χ0v) is 22.7. The van der Waals surface area contributed by atoms with Crippen LogP contribution in [0.2, 0.25) is 0 Å². The number of nitrogens with one attached hydrogen (secondary N) is 2. The van der Waals surface area contributed by atoms with Crippen molar-refractivity contribution in [2.24, 2.45) is 5.92 Å². The van der Waals surface area contributed by atoms with Crippen molar-refractivity contribution in [1.82, 2.24) is 20.1 Å². The molecule has 7 nitrogen and oxygen atoms in total. The third-order valence-electron chi connectivity index (χ3n) is 5.36. The fraction of sp³-hybridized carbons (Fsp3) is 0.308. The van der Waals surface area contributed by atoms with Gasteiger partial charge in [0.05, 0.1) is 11.8 Å². The second-order valence-electron chi connectivity index (χ2n) is 8.60. The number of halogens is 1. The maximum atomic E-state index is 12.9. The molecule has 1 aromatic heterocycles. The summed E-state index contributed by atoms with van der Waals surface area (Å²) >= 11 is 4.73. The van der Waals surface area contributed by atoms with Gasteiger partial charge in [-0.05, 0) is 55.7 Å². The fourth-order valence-electron chi connectivity index (χ4n) is 3.56. The zero-order valence-electron chi connectivity index (χ0n) is 20.3. The van der Waals surface area contributed by atoms with Crippen LogP contribution >= 0.6 is 27.7 Å². The van der Waals surface area contributed by atoms with Crippen molar-refractivity contribution in [2.75, 3.05) is 11.1 Å². The molecule has 35 heavy (non-hydrogen) atoms. The Balaban J connectivity index is 1.75. The Morgan fingerprint density at radius 1 is 1.17 bits per heavy atom. The lowest BCUT2D eigenvalue weighted by atomic mass is 10.0. The number of thioether (sulfide) groups is 1. The highest BCUT2D eigenvalue weighted by atomic mass is 79.9. The van der Waals surface area contributed by atoms with E-state index in [1.165, 1.54) is 11.8 Å². The summed E-state index contributed by atoms with van der Waals surface area (Å²) in [5, 5.41) is 15.4. The van der Waals surface area contributed by atoms with E-state index in [0.717, 1.165) is 21.3 Å². The quantitative estimate of drug-likeness (QED) is 0.247. The Labute approximate surface area is 218 Å². The lowest BCUT2D eigenvalue weighted by Crippen LogP contribution is -2.34. The van der Waals surface area contributed by atoms with Gasteiger partial charge in [-0.1, -0.05) is 65.3 Å². The monoisotopic (exact) mass is 555 g/mol. The van der Waals surface area contributed by atoms with E-state index in [9.17, 15) is 9.59 Å². The minimum absolute atomic E-state index is 0.0676. The van der Waals surface area contributed by atoms with Crippen LogP contribution in [0, 0.1) is 19.8 Å². The molecule has 2 amide bonds. The Bertz CT molecular complexity index is 1220. The van der Waals surface area contributed by atoms with Crippen LogP contribution in [-0.2, 0) is 11.3 Å². The summed E-state index contributed by atoms with van der Waals surface area (Å²) in [6.07, 6.45) is 1.75. The van der Waals surface area contributed by atoms with Crippen LogP contribution in [0.4, 0.5) is 5.69 Å². The summed E-state index contributed by atoms with van der Waals surface area (Å²) in [6, 6.07) is 12.8. The molecule has 9 heteroatoms. The molecule has 0 saturated carbocycles. The molecule has 0 aliphatic rings. The number of hydrogen-bond donors (Lipinski definition) is 2. The summed E-state index contributed by atoms with van der Waals surface area (Å²) in [5.41, 5.74) is 3.36. The van der Waals surface area contributed by atoms with E-state index in [1.807, 2.05) is 68.7 Å². The van der Waals surface area contributed by atoms with Gasteiger partial charge in [-0.3, -0.25) is 9.59 Å². The van der Waals surface area contributed by atoms with Crippen molar-refractivity contribution >= 4 is 45.2 Å². The van der Waals surface area contributed by atoms with E-state index in [4.69, 9.17) is 0 Å². The molecule has 1 heterocycles. The molecule has 0 bridgehead atoms. The Morgan fingerprint density at radius 3 is 2.60 bits per heavy atom. The Kier molecular flexibility index (Phi) is 9.28. The number of benzene rings is 2.